The number of halogens is 6. The second-order valence-electron chi connectivity index (χ2n) is 11.8. The number of hydrogen-bond acceptors (Lipinski definition) is 2. The zero-order chi connectivity index (χ0) is 30.0. The maximum Gasteiger partial charge on any atom is 0.200 e. The van der Waals surface area contributed by atoms with Crippen LogP contribution in [0.1, 0.15) is 81.8 Å². The zero-order valence-electron chi connectivity index (χ0n) is 23.7. The van der Waals surface area contributed by atoms with Crippen molar-refractivity contribution in [3.05, 3.63) is 82.4 Å². The second-order valence-corrected chi connectivity index (χ2v) is 11.8. The van der Waals surface area contributed by atoms with Crippen LogP contribution in [-0.2, 0) is 6.42 Å². The average Bonchev–Trinajstić information content (AvgIpc) is 3.00. The molecule has 5 rings (SSSR count). The van der Waals surface area contributed by atoms with Gasteiger partial charge in [0.05, 0.1) is 6.61 Å². The molecule has 226 valence electrons. The molecule has 0 spiro atoms. The molecule has 8 heteroatoms. The second kappa shape index (κ2) is 13.0. The fourth-order valence-corrected chi connectivity index (χ4v) is 7.08. The Labute approximate surface area is 242 Å². The van der Waals surface area contributed by atoms with Crippen molar-refractivity contribution in [1.29, 1.82) is 0 Å². The number of aromatic hydroxyl groups is 1. The van der Waals surface area contributed by atoms with Gasteiger partial charge in [0.15, 0.2) is 34.8 Å². The highest BCUT2D eigenvalue weighted by Gasteiger charge is 2.33. The fourth-order valence-electron chi connectivity index (χ4n) is 7.08. The molecular weight excluding hydrogens is 554 g/mol. The van der Waals surface area contributed by atoms with Crippen LogP contribution in [0, 0.1) is 52.7 Å². The molecule has 0 amide bonds. The van der Waals surface area contributed by atoms with E-state index in [0.29, 0.717) is 36.2 Å². The summed E-state index contributed by atoms with van der Waals surface area (Å²) in [7, 11) is 0. The molecule has 0 bridgehead atoms. The van der Waals surface area contributed by atoms with Crippen LogP contribution in [0.5, 0.6) is 11.5 Å². The molecule has 2 aliphatic carbocycles. The Morgan fingerprint density at radius 2 is 1.24 bits per heavy atom. The van der Waals surface area contributed by atoms with Gasteiger partial charge in [-0.05, 0) is 111 Å². The molecule has 42 heavy (non-hydrogen) atoms. The summed E-state index contributed by atoms with van der Waals surface area (Å²) in [6.07, 6.45) is 8.81. The van der Waals surface area contributed by atoms with Gasteiger partial charge in [0, 0.05) is 11.1 Å². The molecule has 0 aliphatic heterocycles. The van der Waals surface area contributed by atoms with Crippen molar-refractivity contribution in [3.8, 4) is 22.6 Å². The van der Waals surface area contributed by atoms with E-state index < -0.39 is 51.8 Å². The number of aryl methyl sites for hydroxylation is 1. The summed E-state index contributed by atoms with van der Waals surface area (Å²) in [5.74, 6) is -6.33. The van der Waals surface area contributed by atoms with Gasteiger partial charge in [0.1, 0.15) is 0 Å². The smallest absolute Gasteiger partial charge is 0.200 e. The minimum Gasteiger partial charge on any atom is -0.505 e. The highest BCUT2D eigenvalue weighted by atomic mass is 19.2. The highest BCUT2D eigenvalue weighted by molar-refractivity contribution is 5.66. The first kappa shape index (κ1) is 30.3. The van der Waals surface area contributed by atoms with E-state index in [1.54, 1.807) is 13.0 Å². The molecule has 0 heterocycles. The van der Waals surface area contributed by atoms with Gasteiger partial charge in [-0.3, -0.25) is 0 Å². The van der Waals surface area contributed by atoms with E-state index in [4.69, 9.17) is 4.74 Å². The van der Waals surface area contributed by atoms with Gasteiger partial charge in [0.25, 0.3) is 0 Å². The quantitative estimate of drug-likeness (QED) is 0.265. The van der Waals surface area contributed by atoms with Crippen LogP contribution >= 0.6 is 0 Å². The first-order chi connectivity index (χ1) is 20.2. The van der Waals surface area contributed by atoms with Gasteiger partial charge >= 0.3 is 0 Å². The molecule has 0 saturated heterocycles. The lowest BCUT2D eigenvalue weighted by molar-refractivity contribution is 0.156. The Kier molecular flexibility index (Phi) is 9.38. The van der Waals surface area contributed by atoms with E-state index in [1.807, 2.05) is 0 Å². The number of phenols is 1. The third kappa shape index (κ3) is 6.13. The van der Waals surface area contributed by atoms with Crippen LogP contribution in [0.15, 0.2) is 36.4 Å². The monoisotopic (exact) mass is 590 g/mol. The summed E-state index contributed by atoms with van der Waals surface area (Å²) in [4.78, 5) is 0. The van der Waals surface area contributed by atoms with E-state index >= 15 is 0 Å². The molecule has 0 aromatic heterocycles. The van der Waals surface area contributed by atoms with Crippen LogP contribution in [0.4, 0.5) is 26.3 Å². The molecule has 2 fully saturated rings. The largest absolute Gasteiger partial charge is 0.505 e. The van der Waals surface area contributed by atoms with Crippen molar-refractivity contribution in [2.24, 2.45) is 17.8 Å². The molecule has 1 N–H and O–H groups in total. The van der Waals surface area contributed by atoms with Crippen molar-refractivity contribution >= 4 is 0 Å². The van der Waals surface area contributed by atoms with Crippen molar-refractivity contribution < 1.29 is 36.2 Å². The minimum atomic E-state index is -1.50. The summed E-state index contributed by atoms with van der Waals surface area (Å²) in [6, 6.07) is 7.78. The lowest BCUT2D eigenvalue weighted by Gasteiger charge is -2.38. The van der Waals surface area contributed by atoms with Crippen LogP contribution in [0.3, 0.4) is 0 Å². The van der Waals surface area contributed by atoms with Crippen molar-refractivity contribution in [2.75, 3.05) is 6.61 Å². The Hall–Kier alpha value is -3.16. The van der Waals surface area contributed by atoms with Crippen molar-refractivity contribution in [1.82, 2.24) is 0 Å². The number of ether oxygens (including phenoxy) is 1. The zero-order valence-corrected chi connectivity index (χ0v) is 23.7. The SMILES string of the molecule is CCOc1ccc(C2CCC(C3CCC(CCc4ccc(-c5ccc(O)c(F)c5F)c(F)c4F)CC3)CC2)c(F)c1F. The topological polar surface area (TPSA) is 29.5 Å². The third-order valence-electron chi connectivity index (χ3n) is 9.48. The van der Waals surface area contributed by atoms with Gasteiger partial charge in [-0.15, -0.1) is 0 Å². The van der Waals surface area contributed by atoms with E-state index in [0.717, 1.165) is 63.5 Å². The van der Waals surface area contributed by atoms with Gasteiger partial charge in [-0.1, -0.05) is 31.0 Å². The van der Waals surface area contributed by atoms with E-state index in [2.05, 4.69) is 0 Å². The Morgan fingerprint density at radius 1 is 0.643 bits per heavy atom. The lowest BCUT2D eigenvalue weighted by Crippen LogP contribution is -2.26. The van der Waals surface area contributed by atoms with Gasteiger partial charge in [-0.25, -0.2) is 17.6 Å². The molecule has 2 saturated carbocycles. The van der Waals surface area contributed by atoms with E-state index in [-0.39, 0.29) is 23.8 Å². The van der Waals surface area contributed by atoms with E-state index in [9.17, 15) is 31.4 Å². The van der Waals surface area contributed by atoms with Crippen LogP contribution < -0.4 is 4.74 Å². The van der Waals surface area contributed by atoms with Gasteiger partial charge < -0.3 is 9.84 Å². The maximum absolute atomic E-state index is 14.9. The summed E-state index contributed by atoms with van der Waals surface area (Å²) in [5, 5.41) is 9.31. The first-order valence-corrected chi connectivity index (χ1v) is 14.9. The highest BCUT2D eigenvalue weighted by Crippen LogP contribution is 2.45. The molecule has 2 aliphatic rings. The molecule has 0 radical (unpaired) electrons. The standard InChI is InChI=1S/C34H36F6O2/c1-2-42-28-18-16-24(30(36)34(28)40)22-11-9-21(10-12-22)20-6-3-19(4-7-20)5-8-23-13-14-25(31(37)29(23)35)26-15-17-27(41)33(39)32(26)38/h13-22,41H,2-12H2,1H3. The summed E-state index contributed by atoms with van der Waals surface area (Å²) >= 11 is 0. The van der Waals surface area contributed by atoms with Crippen molar-refractivity contribution in [3.63, 3.8) is 0 Å². The van der Waals surface area contributed by atoms with Gasteiger partial charge in [0.2, 0.25) is 11.6 Å². The summed E-state index contributed by atoms with van der Waals surface area (Å²) in [6.45, 7) is 2.01. The fraction of sp³-hybridized carbons (Fsp3) is 0.471. The van der Waals surface area contributed by atoms with E-state index in [1.165, 1.54) is 18.2 Å². The predicted molar refractivity (Wildman–Crippen MR) is 149 cm³/mol. The number of hydrogen-bond donors (Lipinski definition) is 1. The number of benzene rings is 3. The Balaban J connectivity index is 1.12. The van der Waals surface area contributed by atoms with Crippen LogP contribution in [-0.4, -0.2) is 11.7 Å². The summed E-state index contributed by atoms with van der Waals surface area (Å²) in [5.41, 5.74) is -0.194. The average molecular weight is 591 g/mol. The molecule has 2 nitrogen and oxygen atoms in total. The third-order valence-corrected chi connectivity index (χ3v) is 9.48. The molecular formula is C34H36F6O2. The Morgan fingerprint density at radius 3 is 1.88 bits per heavy atom. The molecule has 0 atom stereocenters. The number of phenolic OH excluding ortho intramolecular Hbond substituents is 1. The van der Waals surface area contributed by atoms with Crippen LogP contribution in [0.25, 0.3) is 11.1 Å². The normalized spacial score (nSPS) is 22.7. The molecule has 3 aromatic carbocycles. The maximum atomic E-state index is 14.9. The lowest BCUT2D eigenvalue weighted by atomic mass is 9.68. The first-order valence-electron chi connectivity index (χ1n) is 14.9. The molecule has 0 unspecified atom stereocenters. The van der Waals surface area contributed by atoms with Crippen molar-refractivity contribution in [2.45, 2.75) is 77.0 Å². The molecule has 3 aromatic rings. The van der Waals surface area contributed by atoms with Gasteiger partial charge in [-0.2, -0.15) is 8.78 Å². The number of rotatable bonds is 8. The van der Waals surface area contributed by atoms with Crippen LogP contribution in [0.2, 0.25) is 0 Å². The summed E-state index contributed by atoms with van der Waals surface area (Å²) < 4.78 is 91.9. The predicted octanol–water partition coefficient (Wildman–Crippen LogP) is 10.0. The minimum absolute atomic E-state index is 0.00834. The Bertz CT molecular complexity index is 1410.